The molecule has 182 valence electrons. The van der Waals surface area contributed by atoms with Gasteiger partial charge in [-0.3, -0.25) is 0 Å². The third-order valence-corrected chi connectivity index (χ3v) is 6.11. The molecular formula is C24H31O8S-. The molecule has 33 heavy (non-hydrogen) atoms. The van der Waals surface area contributed by atoms with Gasteiger partial charge in [0.25, 0.3) is 0 Å². The van der Waals surface area contributed by atoms with Gasteiger partial charge in [-0.1, -0.05) is 13.8 Å². The van der Waals surface area contributed by atoms with Crippen LogP contribution in [-0.2, 0) is 26.1 Å². The number of aliphatic hydroxyl groups is 2. The van der Waals surface area contributed by atoms with E-state index in [2.05, 4.69) is 0 Å². The van der Waals surface area contributed by atoms with Gasteiger partial charge >= 0.3 is 5.97 Å². The molecule has 2 aromatic rings. The molecule has 0 atom stereocenters. The summed E-state index contributed by atoms with van der Waals surface area (Å²) in [6.07, 6.45) is 0. The Kier molecular flexibility index (Phi) is 7.65. The van der Waals surface area contributed by atoms with Crippen molar-refractivity contribution in [3.05, 3.63) is 52.6 Å². The van der Waals surface area contributed by atoms with E-state index >= 15 is 0 Å². The highest BCUT2D eigenvalue weighted by Crippen LogP contribution is 2.32. The first-order chi connectivity index (χ1) is 14.9. The molecule has 0 aliphatic rings. The molecular weight excluding hydrogens is 448 g/mol. The van der Waals surface area contributed by atoms with Gasteiger partial charge in [0.05, 0.1) is 16.1 Å². The molecule has 8 nitrogen and oxygen atoms in total. The predicted molar refractivity (Wildman–Crippen MR) is 121 cm³/mol. The lowest BCUT2D eigenvalue weighted by Gasteiger charge is -2.24. The Morgan fingerprint density at radius 3 is 1.91 bits per heavy atom. The highest BCUT2D eigenvalue weighted by Gasteiger charge is 2.24. The zero-order valence-corrected chi connectivity index (χ0v) is 20.7. The number of hydrogen-bond donors (Lipinski definition) is 2. The Hall–Kier alpha value is -2.46. The van der Waals surface area contributed by atoms with Crippen LogP contribution in [0.25, 0.3) is 0 Å². The predicted octanol–water partition coefficient (Wildman–Crippen LogP) is 3.46. The zero-order chi connectivity index (χ0) is 25.4. The van der Waals surface area contributed by atoms with E-state index in [1.807, 2.05) is 0 Å². The van der Waals surface area contributed by atoms with Gasteiger partial charge in [0, 0.05) is 0 Å². The minimum absolute atomic E-state index is 0.0969. The number of carbonyl (C=O) groups excluding carboxylic acids is 1. The van der Waals surface area contributed by atoms with Gasteiger partial charge in [0.1, 0.15) is 21.6 Å². The normalized spacial score (nSPS) is 12.7. The Morgan fingerprint density at radius 1 is 0.970 bits per heavy atom. The maximum atomic E-state index is 12.4. The molecule has 2 N–H and O–H groups in total. The number of hydrogen-bond acceptors (Lipinski definition) is 8. The van der Waals surface area contributed by atoms with Crippen molar-refractivity contribution in [2.45, 2.75) is 70.5 Å². The summed E-state index contributed by atoms with van der Waals surface area (Å²) in [7, 11) is -4.69. The van der Waals surface area contributed by atoms with E-state index in [9.17, 15) is 28.0 Å². The Morgan fingerprint density at radius 2 is 1.48 bits per heavy atom. The highest BCUT2D eigenvalue weighted by molar-refractivity contribution is 7.85. The molecule has 0 saturated heterocycles. The van der Waals surface area contributed by atoms with Crippen LogP contribution >= 0.6 is 0 Å². The molecule has 0 amide bonds. The van der Waals surface area contributed by atoms with Crippen LogP contribution in [0.5, 0.6) is 11.5 Å². The monoisotopic (exact) mass is 479 g/mol. The molecule has 2 rings (SSSR count). The van der Waals surface area contributed by atoms with E-state index in [1.165, 1.54) is 19.1 Å². The Labute approximate surface area is 194 Å². The van der Waals surface area contributed by atoms with Crippen molar-refractivity contribution in [1.82, 2.24) is 0 Å². The smallest absolute Gasteiger partial charge is 0.349 e. The molecule has 0 unspecified atom stereocenters. The van der Waals surface area contributed by atoms with Crippen molar-refractivity contribution in [1.29, 1.82) is 0 Å². The quantitative estimate of drug-likeness (QED) is 0.334. The van der Waals surface area contributed by atoms with Gasteiger partial charge in [-0.15, -0.1) is 0 Å². The van der Waals surface area contributed by atoms with Crippen molar-refractivity contribution in [3.8, 4) is 11.5 Å². The second-order valence-corrected chi connectivity index (χ2v) is 10.7. The number of carbonyl (C=O) groups is 1. The van der Waals surface area contributed by atoms with Crippen LogP contribution in [0.4, 0.5) is 0 Å². The SMILES string of the molecule is Cc1cc(OC(=O)COc2cc(C(C)(C)O)cc(C(C)(C)O)c2)cc(C(C)C)c1S(=O)(=O)[O-]. The molecule has 0 fully saturated rings. The van der Waals surface area contributed by atoms with Crippen molar-refractivity contribution >= 4 is 16.1 Å². The van der Waals surface area contributed by atoms with E-state index in [-0.39, 0.29) is 33.4 Å². The standard InChI is InChI=1S/C24H32O8S/c1-14(2)20-12-19(8-15(3)22(20)33(28,29)30)32-21(25)13-31-18-10-16(23(4,5)26)9-17(11-18)24(6,7)27/h8-12,14,26-27H,13H2,1-7H3,(H,28,29,30)/p-1. The van der Waals surface area contributed by atoms with Gasteiger partial charge in [-0.2, -0.15) is 0 Å². The molecule has 9 heteroatoms. The molecule has 0 saturated carbocycles. The van der Waals surface area contributed by atoms with E-state index in [0.717, 1.165) is 0 Å². The van der Waals surface area contributed by atoms with Gasteiger partial charge in [0.15, 0.2) is 6.61 Å². The van der Waals surface area contributed by atoms with Crippen molar-refractivity contribution in [3.63, 3.8) is 0 Å². The highest BCUT2D eigenvalue weighted by atomic mass is 32.2. The molecule has 0 radical (unpaired) electrons. The lowest BCUT2D eigenvalue weighted by atomic mass is 9.90. The Balaban J connectivity index is 2.26. The number of rotatable bonds is 8. The van der Waals surface area contributed by atoms with Crippen LogP contribution in [0.1, 0.15) is 69.7 Å². The number of esters is 1. The van der Waals surface area contributed by atoms with Gasteiger partial charge in [-0.25, -0.2) is 13.2 Å². The van der Waals surface area contributed by atoms with Crippen molar-refractivity contribution < 1.29 is 37.5 Å². The topological polar surface area (TPSA) is 133 Å². The Bertz CT molecular complexity index is 1100. The molecule has 0 spiro atoms. The van der Waals surface area contributed by atoms with Crippen LogP contribution in [0, 0.1) is 6.92 Å². The van der Waals surface area contributed by atoms with Gasteiger partial charge < -0.3 is 24.2 Å². The first-order valence-corrected chi connectivity index (χ1v) is 11.8. The van der Waals surface area contributed by atoms with Crippen LogP contribution in [-0.4, -0.2) is 35.8 Å². The third-order valence-electron chi connectivity index (χ3n) is 5.06. The summed E-state index contributed by atoms with van der Waals surface area (Å²) >= 11 is 0. The van der Waals surface area contributed by atoms with E-state index < -0.39 is 33.9 Å². The van der Waals surface area contributed by atoms with Gasteiger partial charge in [0.2, 0.25) is 0 Å². The maximum Gasteiger partial charge on any atom is 0.349 e. The molecule has 0 aromatic heterocycles. The summed E-state index contributed by atoms with van der Waals surface area (Å²) in [5, 5.41) is 20.7. The molecule has 2 aromatic carbocycles. The van der Waals surface area contributed by atoms with Crippen molar-refractivity contribution in [2.24, 2.45) is 0 Å². The summed E-state index contributed by atoms with van der Waals surface area (Å²) < 4.78 is 45.8. The molecule has 0 aliphatic carbocycles. The van der Waals surface area contributed by atoms with E-state index in [0.29, 0.717) is 11.1 Å². The fourth-order valence-corrected chi connectivity index (χ4v) is 4.32. The van der Waals surface area contributed by atoms with Crippen molar-refractivity contribution in [2.75, 3.05) is 6.61 Å². The molecule has 0 bridgehead atoms. The molecule has 0 aliphatic heterocycles. The largest absolute Gasteiger partial charge is 0.744 e. The van der Waals surface area contributed by atoms with Crippen LogP contribution in [0.3, 0.4) is 0 Å². The average Bonchev–Trinajstić information content (AvgIpc) is 2.63. The zero-order valence-electron chi connectivity index (χ0n) is 19.9. The number of ether oxygens (including phenoxy) is 2. The average molecular weight is 480 g/mol. The maximum absolute atomic E-state index is 12.4. The molecule has 0 heterocycles. The van der Waals surface area contributed by atoms with E-state index in [1.54, 1.807) is 59.7 Å². The van der Waals surface area contributed by atoms with E-state index in [4.69, 9.17) is 9.47 Å². The summed E-state index contributed by atoms with van der Waals surface area (Å²) in [4.78, 5) is 12.1. The second-order valence-electron chi connectivity index (χ2n) is 9.39. The summed E-state index contributed by atoms with van der Waals surface area (Å²) in [6.45, 7) is 10.8. The van der Waals surface area contributed by atoms with Crippen LogP contribution in [0.15, 0.2) is 35.2 Å². The van der Waals surface area contributed by atoms with Crippen LogP contribution < -0.4 is 9.47 Å². The summed E-state index contributed by atoms with van der Waals surface area (Å²) in [5.41, 5.74) is -0.953. The summed E-state index contributed by atoms with van der Waals surface area (Å²) in [6, 6.07) is 7.47. The fraction of sp³-hybridized carbons (Fsp3) is 0.458. The minimum atomic E-state index is -4.69. The minimum Gasteiger partial charge on any atom is -0.744 e. The number of benzene rings is 2. The number of aryl methyl sites for hydroxylation is 1. The lowest BCUT2D eigenvalue weighted by Crippen LogP contribution is -2.22. The third kappa shape index (κ3) is 7.01. The first-order valence-electron chi connectivity index (χ1n) is 10.4. The van der Waals surface area contributed by atoms with Crippen LogP contribution in [0.2, 0.25) is 0 Å². The fourth-order valence-electron chi connectivity index (χ4n) is 3.29. The lowest BCUT2D eigenvalue weighted by molar-refractivity contribution is -0.136. The first kappa shape index (κ1) is 26.8. The second kappa shape index (κ2) is 9.42. The van der Waals surface area contributed by atoms with Gasteiger partial charge in [-0.05, 0) is 93.1 Å². The summed E-state index contributed by atoms with van der Waals surface area (Å²) in [5.74, 6) is -0.683.